The number of halogens is 3. The molecule has 3 N–H and O–H groups in total. The van der Waals surface area contributed by atoms with Crippen molar-refractivity contribution in [3.05, 3.63) is 90.0 Å². The molecule has 1 aromatic heterocycles. The Morgan fingerprint density at radius 3 is 2.47 bits per heavy atom. The van der Waals surface area contributed by atoms with Crippen molar-refractivity contribution < 1.29 is 32.9 Å². The zero-order chi connectivity index (χ0) is 25.7. The number of hydrogen-bond acceptors (Lipinski definition) is 5. The molecule has 9 heteroatoms. The highest BCUT2D eigenvalue weighted by Gasteiger charge is 2.30. The summed E-state index contributed by atoms with van der Waals surface area (Å²) in [6.45, 7) is -0.461. The molecule has 4 rings (SSSR count). The van der Waals surface area contributed by atoms with Gasteiger partial charge >= 0.3 is 6.18 Å². The van der Waals surface area contributed by atoms with E-state index < -0.39 is 24.5 Å². The normalized spacial score (nSPS) is 12.4. The van der Waals surface area contributed by atoms with Crippen molar-refractivity contribution >= 4 is 22.5 Å². The molecule has 0 saturated carbocycles. The van der Waals surface area contributed by atoms with Crippen LogP contribution in [0.4, 0.5) is 18.9 Å². The van der Waals surface area contributed by atoms with Gasteiger partial charge < -0.3 is 20.3 Å². The van der Waals surface area contributed by atoms with Crippen LogP contribution in [0.15, 0.2) is 78.9 Å². The number of nitrogens with one attached hydrogen (secondary N) is 1. The molecule has 1 amide bonds. The van der Waals surface area contributed by atoms with E-state index in [1.807, 2.05) is 6.07 Å². The number of aromatic nitrogens is 1. The van der Waals surface area contributed by atoms with E-state index in [1.165, 1.54) is 6.07 Å². The van der Waals surface area contributed by atoms with Crippen LogP contribution in [0.1, 0.15) is 11.1 Å². The Hall–Kier alpha value is -3.95. The summed E-state index contributed by atoms with van der Waals surface area (Å²) in [6.07, 6.45) is -5.42. The molecule has 4 aromatic rings. The van der Waals surface area contributed by atoms with Crippen LogP contribution in [0.25, 0.3) is 22.2 Å². The molecule has 0 radical (unpaired) electrons. The number of alkyl halides is 3. The Balaban J connectivity index is 1.50. The number of rotatable bonds is 8. The molecule has 0 saturated heterocycles. The second kappa shape index (κ2) is 10.8. The summed E-state index contributed by atoms with van der Waals surface area (Å²) in [5.74, 6) is 0.180. The van der Waals surface area contributed by atoms with Crippen LogP contribution < -0.4 is 10.1 Å². The van der Waals surface area contributed by atoms with Gasteiger partial charge in [-0.15, -0.1) is 0 Å². The van der Waals surface area contributed by atoms with Gasteiger partial charge in [0.25, 0.3) is 0 Å². The highest BCUT2D eigenvalue weighted by atomic mass is 19.4. The van der Waals surface area contributed by atoms with E-state index in [1.54, 1.807) is 54.6 Å². The summed E-state index contributed by atoms with van der Waals surface area (Å²) < 4.78 is 44.8. The van der Waals surface area contributed by atoms with Crippen LogP contribution >= 0.6 is 0 Å². The van der Waals surface area contributed by atoms with E-state index in [0.717, 1.165) is 17.5 Å². The first-order chi connectivity index (χ1) is 17.2. The topological polar surface area (TPSA) is 91.7 Å². The van der Waals surface area contributed by atoms with Crippen LogP contribution in [-0.2, 0) is 17.4 Å². The Morgan fingerprint density at radius 1 is 1.00 bits per heavy atom. The maximum Gasteiger partial charge on any atom is 0.416 e. The highest BCUT2D eigenvalue weighted by Crippen LogP contribution is 2.32. The molecule has 1 atom stereocenters. The third kappa shape index (κ3) is 6.18. The minimum absolute atomic E-state index is 0.0112. The fourth-order valence-corrected chi connectivity index (χ4v) is 3.62. The van der Waals surface area contributed by atoms with Gasteiger partial charge in [-0.25, -0.2) is 4.98 Å². The summed E-state index contributed by atoms with van der Waals surface area (Å²) in [5.41, 5.74) is 1.66. The average molecular weight is 496 g/mol. The van der Waals surface area contributed by atoms with Crippen LogP contribution in [0, 0.1) is 0 Å². The van der Waals surface area contributed by atoms with Crippen molar-refractivity contribution in [3.8, 4) is 17.0 Å². The van der Waals surface area contributed by atoms with E-state index in [-0.39, 0.29) is 18.9 Å². The molecule has 1 heterocycles. The molecule has 186 valence electrons. The number of nitrogens with zero attached hydrogens (tertiary/aromatic N) is 1. The number of para-hydroxylation sites is 1. The molecule has 1 unspecified atom stereocenters. The fraction of sp³-hybridized carbons (Fsp3) is 0.185. The first-order valence-electron chi connectivity index (χ1n) is 11.1. The molecular formula is C27H23F3N2O4. The second-order valence-electron chi connectivity index (χ2n) is 8.16. The van der Waals surface area contributed by atoms with E-state index in [4.69, 9.17) is 9.84 Å². The smallest absolute Gasteiger partial charge is 0.416 e. The van der Waals surface area contributed by atoms with Gasteiger partial charge in [-0.2, -0.15) is 13.2 Å². The minimum Gasteiger partial charge on any atom is -0.491 e. The second-order valence-corrected chi connectivity index (χ2v) is 8.16. The number of aliphatic hydroxyl groups excluding tert-OH is 2. The van der Waals surface area contributed by atoms with Crippen LogP contribution in [0.2, 0.25) is 0 Å². The number of aliphatic hydroxyl groups is 2. The zero-order valence-electron chi connectivity index (χ0n) is 19.0. The first-order valence-corrected chi connectivity index (χ1v) is 11.1. The van der Waals surface area contributed by atoms with Gasteiger partial charge in [0.1, 0.15) is 18.5 Å². The largest absolute Gasteiger partial charge is 0.491 e. The van der Waals surface area contributed by atoms with Crippen molar-refractivity contribution in [1.82, 2.24) is 4.98 Å². The van der Waals surface area contributed by atoms with Crippen LogP contribution in [-0.4, -0.2) is 40.4 Å². The Labute approximate surface area is 205 Å². The predicted octanol–water partition coefficient (Wildman–Crippen LogP) is 4.83. The number of pyridine rings is 1. The lowest BCUT2D eigenvalue weighted by Gasteiger charge is -2.12. The maximum atomic E-state index is 13.1. The molecule has 0 aliphatic heterocycles. The summed E-state index contributed by atoms with van der Waals surface area (Å²) in [6, 6.07) is 20.3. The SMILES string of the molecule is O=C(Cc1cccc2ccc(-c3cccc(C(F)(F)F)c3)nc12)Nc1ccc(OCC(O)CO)cc1. The van der Waals surface area contributed by atoms with Crippen molar-refractivity contribution in [2.45, 2.75) is 18.7 Å². The number of fused-ring (bicyclic) bond motifs is 1. The third-order valence-corrected chi connectivity index (χ3v) is 5.43. The van der Waals surface area contributed by atoms with Gasteiger partial charge in [0.05, 0.1) is 29.8 Å². The van der Waals surface area contributed by atoms with E-state index >= 15 is 0 Å². The maximum absolute atomic E-state index is 13.1. The zero-order valence-corrected chi connectivity index (χ0v) is 19.0. The number of hydrogen-bond donors (Lipinski definition) is 3. The molecule has 3 aromatic carbocycles. The van der Waals surface area contributed by atoms with Gasteiger partial charge in [0.15, 0.2) is 0 Å². The predicted molar refractivity (Wildman–Crippen MR) is 130 cm³/mol. The molecule has 0 aliphatic carbocycles. The van der Waals surface area contributed by atoms with Crippen molar-refractivity contribution in [2.75, 3.05) is 18.5 Å². The minimum atomic E-state index is -4.46. The van der Waals surface area contributed by atoms with Gasteiger partial charge in [0.2, 0.25) is 5.91 Å². The molecular weight excluding hydrogens is 473 g/mol. The van der Waals surface area contributed by atoms with Crippen LogP contribution in [0.3, 0.4) is 0 Å². The number of benzene rings is 3. The third-order valence-electron chi connectivity index (χ3n) is 5.43. The Bertz CT molecular complexity index is 1360. The average Bonchev–Trinajstić information content (AvgIpc) is 2.87. The van der Waals surface area contributed by atoms with Crippen LogP contribution in [0.5, 0.6) is 5.75 Å². The summed E-state index contributed by atoms with van der Waals surface area (Å²) in [7, 11) is 0. The number of carbonyl (C=O) groups excluding carboxylic acids is 1. The fourth-order valence-electron chi connectivity index (χ4n) is 3.62. The quantitative estimate of drug-likeness (QED) is 0.325. The lowest BCUT2D eigenvalue weighted by atomic mass is 10.0. The van der Waals surface area contributed by atoms with E-state index in [2.05, 4.69) is 10.3 Å². The Morgan fingerprint density at radius 2 is 1.75 bits per heavy atom. The molecule has 0 fully saturated rings. The lowest BCUT2D eigenvalue weighted by molar-refractivity contribution is -0.137. The van der Waals surface area contributed by atoms with Crippen molar-refractivity contribution in [2.24, 2.45) is 0 Å². The molecule has 0 aliphatic rings. The Kier molecular flexibility index (Phi) is 7.52. The standard InChI is InChI=1S/C27H23F3N2O4/c28-27(29,30)20-6-2-4-18(13-20)24-12-7-17-3-1-5-19(26(17)32-24)14-25(35)31-21-8-10-23(11-9-21)36-16-22(34)15-33/h1-13,22,33-34H,14-16H2,(H,31,35). The number of ether oxygens (including phenoxy) is 1. The highest BCUT2D eigenvalue weighted by molar-refractivity contribution is 5.95. The summed E-state index contributed by atoms with van der Waals surface area (Å²) in [4.78, 5) is 17.3. The van der Waals surface area contributed by atoms with Gasteiger partial charge in [0, 0.05) is 16.6 Å². The monoisotopic (exact) mass is 496 g/mol. The summed E-state index contributed by atoms with van der Waals surface area (Å²) >= 11 is 0. The van der Waals surface area contributed by atoms with E-state index in [0.29, 0.717) is 33.8 Å². The summed E-state index contributed by atoms with van der Waals surface area (Å²) in [5, 5.41) is 21.7. The number of anilines is 1. The molecule has 0 spiro atoms. The van der Waals surface area contributed by atoms with Gasteiger partial charge in [-0.05, 0) is 48.0 Å². The van der Waals surface area contributed by atoms with Gasteiger partial charge in [-0.3, -0.25) is 4.79 Å². The van der Waals surface area contributed by atoms with Gasteiger partial charge in [-0.1, -0.05) is 36.4 Å². The molecule has 6 nitrogen and oxygen atoms in total. The van der Waals surface area contributed by atoms with Crippen molar-refractivity contribution in [3.63, 3.8) is 0 Å². The molecule has 0 bridgehead atoms. The number of amides is 1. The first kappa shape index (κ1) is 25.2. The molecule has 36 heavy (non-hydrogen) atoms. The lowest BCUT2D eigenvalue weighted by Crippen LogP contribution is -2.21. The number of carbonyl (C=O) groups is 1. The van der Waals surface area contributed by atoms with Crippen molar-refractivity contribution in [1.29, 1.82) is 0 Å². The van der Waals surface area contributed by atoms with E-state index in [9.17, 15) is 23.1 Å².